The summed E-state index contributed by atoms with van der Waals surface area (Å²) in [5.41, 5.74) is 2.19. The van der Waals surface area contributed by atoms with Crippen molar-refractivity contribution in [2.24, 2.45) is 0 Å². The molecule has 0 nitrogen and oxygen atoms in total. The molecule has 0 rings (SSSR count). The Morgan fingerprint density at radius 2 is 1.33 bits per heavy atom. The summed E-state index contributed by atoms with van der Waals surface area (Å²) in [6.07, 6.45) is 0. The van der Waals surface area contributed by atoms with Crippen LogP contribution in [0.15, 0.2) is 24.3 Å². The van der Waals surface area contributed by atoms with Crippen LogP contribution in [0.5, 0.6) is 0 Å². The van der Waals surface area contributed by atoms with Crippen LogP contribution in [-0.2, 0) is 0 Å². The van der Waals surface area contributed by atoms with Gasteiger partial charge in [0.2, 0.25) is 0 Å². The molecule has 0 aliphatic rings. The third-order valence-corrected chi connectivity index (χ3v) is 0.684. The first-order chi connectivity index (χ1) is 4.00. The zero-order chi connectivity index (χ0) is 7.86. The first-order valence-electron chi connectivity index (χ1n) is 2.83. The molecule has 0 radical (unpaired) electrons. The summed E-state index contributed by atoms with van der Waals surface area (Å²) in [4.78, 5) is 0. The predicted molar refractivity (Wildman–Crippen MR) is 46.0 cm³/mol. The van der Waals surface area contributed by atoms with Gasteiger partial charge in [0.25, 0.3) is 0 Å². The third-order valence-electron chi connectivity index (χ3n) is 0.228. The van der Waals surface area contributed by atoms with Gasteiger partial charge in [0.15, 0.2) is 0 Å². The molecule has 54 valence electrons. The molecule has 0 aromatic rings. The van der Waals surface area contributed by atoms with Crippen LogP contribution in [0.25, 0.3) is 0 Å². The number of hydrogen-bond donors (Lipinski definition) is 0. The van der Waals surface area contributed by atoms with Crippen LogP contribution >= 0.6 is 11.6 Å². The molecule has 0 atom stereocenters. The molecule has 0 heterocycles. The standard InChI is InChI=1S/C4H7Cl.C4H8/c1-4(2)3-5;1-4(2)3/h1,3H2,2H3;1H2,2-3H3. The van der Waals surface area contributed by atoms with Gasteiger partial charge >= 0.3 is 0 Å². The van der Waals surface area contributed by atoms with Crippen molar-refractivity contribution < 1.29 is 0 Å². The Hall–Kier alpha value is -0.230. The van der Waals surface area contributed by atoms with Gasteiger partial charge in [-0.05, 0) is 20.8 Å². The molecule has 9 heavy (non-hydrogen) atoms. The highest BCUT2D eigenvalue weighted by molar-refractivity contribution is 6.19. The molecule has 0 amide bonds. The van der Waals surface area contributed by atoms with Gasteiger partial charge in [-0.1, -0.05) is 17.7 Å². The lowest BCUT2D eigenvalue weighted by Gasteiger charge is -1.77. The van der Waals surface area contributed by atoms with Gasteiger partial charge in [-0.15, -0.1) is 18.2 Å². The Kier molecular flexibility index (Phi) is 9.97. The Labute approximate surface area is 63.2 Å². The molecule has 0 aromatic carbocycles. The van der Waals surface area contributed by atoms with Gasteiger partial charge < -0.3 is 0 Å². The van der Waals surface area contributed by atoms with E-state index < -0.39 is 0 Å². The SMILES string of the molecule is C=C(C)C.C=C(C)CCl. The highest BCUT2D eigenvalue weighted by atomic mass is 35.5. The molecular formula is C8H15Cl. The normalized spacial score (nSPS) is 7.11. The Morgan fingerprint density at radius 1 is 1.22 bits per heavy atom. The van der Waals surface area contributed by atoms with E-state index in [9.17, 15) is 0 Å². The molecule has 0 fully saturated rings. The average Bonchev–Trinajstić information content (AvgIpc) is 1.65. The Morgan fingerprint density at radius 3 is 1.33 bits per heavy atom. The highest BCUT2D eigenvalue weighted by Gasteiger charge is 1.70. The lowest BCUT2D eigenvalue weighted by Crippen LogP contribution is -1.65. The van der Waals surface area contributed by atoms with Gasteiger partial charge in [-0.3, -0.25) is 0 Å². The van der Waals surface area contributed by atoms with Crippen LogP contribution in [-0.4, -0.2) is 5.88 Å². The summed E-state index contributed by atoms with van der Waals surface area (Å²) in [5.74, 6) is 0.583. The number of rotatable bonds is 1. The van der Waals surface area contributed by atoms with E-state index in [1.165, 1.54) is 5.57 Å². The molecule has 0 spiro atoms. The van der Waals surface area contributed by atoms with Crippen molar-refractivity contribution in [1.29, 1.82) is 0 Å². The van der Waals surface area contributed by atoms with Crippen LogP contribution < -0.4 is 0 Å². The van der Waals surface area contributed by atoms with Gasteiger partial charge in [-0.2, -0.15) is 0 Å². The minimum absolute atomic E-state index is 0.583. The first kappa shape index (κ1) is 11.6. The van der Waals surface area contributed by atoms with E-state index in [0.29, 0.717) is 5.88 Å². The average molecular weight is 147 g/mol. The second-order valence-corrected chi connectivity index (χ2v) is 2.57. The van der Waals surface area contributed by atoms with E-state index in [0.717, 1.165) is 5.57 Å². The van der Waals surface area contributed by atoms with Crippen molar-refractivity contribution >= 4 is 11.6 Å². The first-order valence-corrected chi connectivity index (χ1v) is 3.36. The fourth-order valence-corrected chi connectivity index (χ4v) is 0. The summed E-state index contributed by atoms with van der Waals surface area (Å²) < 4.78 is 0. The van der Waals surface area contributed by atoms with E-state index in [-0.39, 0.29) is 0 Å². The molecule has 0 bridgehead atoms. The lowest BCUT2D eigenvalue weighted by molar-refractivity contribution is 1.42. The van der Waals surface area contributed by atoms with Crippen molar-refractivity contribution in [2.45, 2.75) is 20.8 Å². The Bertz CT molecular complexity index is 88.7. The largest absolute Gasteiger partial charge is 0.122 e. The van der Waals surface area contributed by atoms with Gasteiger partial charge in [0.1, 0.15) is 0 Å². The fraction of sp³-hybridized carbons (Fsp3) is 0.500. The van der Waals surface area contributed by atoms with E-state index >= 15 is 0 Å². The summed E-state index contributed by atoms with van der Waals surface area (Å²) in [7, 11) is 0. The molecule has 0 unspecified atom stereocenters. The van der Waals surface area contributed by atoms with Crippen LogP contribution in [0.3, 0.4) is 0 Å². The summed E-state index contributed by atoms with van der Waals surface area (Å²) >= 11 is 5.24. The minimum Gasteiger partial charge on any atom is -0.122 e. The predicted octanol–water partition coefficient (Wildman–Crippen LogP) is 3.38. The van der Waals surface area contributed by atoms with Crippen molar-refractivity contribution in [3.63, 3.8) is 0 Å². The van der Waals surface area contributed by atoms with Gasteiger partial charge in [-0.25, -0.2) is 0 Å². The number of allylic oxidation sites excluding steroid dienone is 2. The monoisotopic (exact) mass is 146 g/mol. The number of halogens is 1. The topological polar surface area (TPSA) is 0 Å². The third kappa shape index (κ3) is 82.6. The quantitative estimate of drug-likeness (QED) is 0.393. The van der Waals surface area contributed by atoms with Crippen LogP contribution in [0.2, 0.25) is 0 Å². The van der Waals surface area contributed by atoms with Crippen molar-refractivity contribution in [3.05, 3.63) is 24.3 Å². The fourth-order valence-electron chi connectivity index (χ4n) is 0. The molecular weight excluding hydrogens is 132 g/mol. The molecule has 0 aliphatic carbocycles. The summed E-state index contributed by atoms with van der Waals surface area (Å²) in [5, 5.41) is 0. The second kappa shape index (κ2) is 7.77. The molecule has 0 aliphatic heterocycles. The van der Waals surface area contributed by atoms with Crippen molar-refractivity contribution in [2.75, 3.05) is 5.88 Å². The van der Waals surface area contributed by atoms with Crippen LogP contribution in [0.1, 0.15) is 20.8 Å². The Balaban J connectivity index is 0. The molecule has 0 saturated carbocycles. The van der Waals surface area contributed by atoms with E-state index in [1.807, 2.05) is 20.8 Å². The molecule has 0 N–H and O–H groups in total. The van der Waals surface area contributed by atoms with Gasteiger partial charge in [0.05, 0.1) is 0 Å². The van der Waals surface area contributed by atoms with Gasteiger partial charge in [0, 0.05) is 5.88 Å². The number of hydrogen-bond acceptors (Lipinski definition) is 0. The molecule has 1 heteroatoms. The molecule has 0 saturated heterocycles. The van der Waals surface area contributed by atoms with Crippen molar-refractivity contribution in [1.82, 2.24) is 0 Å². The van der Waals surface area contributed by atoms with E-state index in [1.54, 1.807) is 0 Å². The minimum atomic E-state index is 0.583. The second-order valence-electron chi connectivity index (χ2n) is 2.30. The zero-order valence-corrected chi connectivity index (χ0v) is 7.26. The number of alkyl halides is 1. The van der Waals surface area contributed by atoms with E-state index in [4.69, 9.17) is 11.6 Å². The van der Waals surface area contributed by atoms with E-state index in [2.05, 4.69) is 13.2 Å². The molecule has 0 aromatic heterocycles. The maximum absolute atomic E-state index is 5.24. The summed E-state index contributed by atoms with van der Waals surface area (Å²) in [6.45, 7) is 12.9. The van der Waals surface area contributed by atoms with Crippen LogP contribution in [0, 0.1) is 0 Å². The maximum Gasteiger partial charge on any atom is 0.0428 e. The van der Waals surface area contributed by atoms with Crippen molar-refractivity contribution in [3.8, 4) is 0 Å². The summed E-state index contributed by atoms with van der Waals surface area (Å²) in [6, 6.07) is 0. The lowest BCUT2D eigenvalue weighted by atomic mass is 10.4. The zero-order valence-electron chi connectivity index (χ0n) is 6.50. The highest BCUT2D eigenvalue weighted by Crippen LogP contribution is 1.86. The maximum atomic E-state index is 5.24. The smallest absolute Gasteiger partial charge is 0.0428 e. The van der Waals surface area contributed by atoms with Crippen LogP contribution in [0.4, 0.5) is 0 Å².